The van der Waals surface area contributed by atoms with Crippen LogP contribution in [0.4, 0.5) is 5.69 Å². The van der Waals surface area contributed by atoms with E-state index in [9.17, 15) is 0 Å². The Kier molecular flexibility index (Phi) is 4.25. The quantitative estimate of drug-likeness (QED) is 0.882. The van der Waals surface area contributed by atoms with Crippen molar-refractivity contribution in [1.29, 1.82) is 0 Å². The molecule has 3 nitrogen and oxygen atoms in total. The third-order valence-corrected chi connectivity index (χ3v) is 3.37. The van der Waals surface area contributed by atoms with Gasteiger partial charge in [0, 0.05) is 24.6 Å². The highest BCUT2D eigenvalue weighted by Gasteiger charge is 2.06. The fourth-order valence-corrected chi connectivity index (χ4v) is 2.58. The van der Waals surface area contributed by atoms with Crippen molar-refractivity contribution in [3.05, 3.63) is 47.0 Å². The molecule has 0 atom stereocenters. The summed E-state index contributed by atoms with van der Waals surface area (Å²) in [5, 5.41) is 3.53. The molecule has 0 amide bonds. The van der Waals surface area contributed by atoms with E-state index in [-0.39, 0.29) is 0 Å². The summed E-state index contributed by atoms with van der Waals surface area (Å²) in [4.78, 5) is 4.43. The number of hydrogen-bond donors (Lipinski definition) is 1. The second kappa shape index (κ2) is 5.91. The summed E-state index contributed by atoms with van der Waals surface area (Å²) >= 11 is 0. The zero-order chi connectivity index (χ0) is 13.8. The summed E-state index contributed by atoms with van der Waals surface area (Å²) in [7, 11) is 0. The highest BCUT2D eigenvalue weighted by atomic mass is 15.1. The Balaban J connectivity index is 2.12. The van der Waals surface area contributed by atoms with Gasteiger partial charge in [-0.15, -0.1) is 0 Å². The van der Waals surface area contributed by atoms with Gasteiger partial charge in [-0.25, -0.2) is 4.98 Å². The normalized spacial score (nSPS) is 10.7. The molecule has 0 radical (unpaired) electrons. The Morgan fingerprint density at radius 2 is 1.84 bits per heavy atom. The van der Waals surface area contributed by atoms with E-state index in [1.165, 1.54) is 22.4 Å². The SMILES string of the molecule is CCCn1ccnc1CNc1c(C)cc(C)cc1C. The van der Waals surface area contributed by atoms with E-state index in [2.05, 4.69) is 60.9 Å². The molecule has 1 aromatic carbocycles. The Bertz CT molecular complexity index is 532. The lowest BCUT2D eigenvalue weighted by Gasteiger charge is -2.14. The molecule has 0 aliphatic rings. The van der Waals surface area contributed by atoms with Crippen molar-refractivity contribution < 1.29 is 0 Å². The van der Waals surface area contributed by atoms with Crippen molar-refractivity contribution >= 4 is 5.69 Å². The molecule has 2 aromatic rings. The van der Waals surface area contributed by atoms with Crippen LogP contribution in [0.3, 0.4) is 0 Å². The average Bonchev–Trinajstić information content (AvgIpc) is 2.76. The smallest absolute Gasteiger partial charge is 0.128 e. The van der Waals surface area contributed by atoms with Crippen LogP contribution in [0.1, 0.15) is 35.9 Å². The molecule has 19 heavy (non-hydrogen) atoms. The zero-order valence-electron chi connectivity index (χ0n) is 12.3. The molecule has 0 fully saturated rings. The van der Waals surface area contributed by atoms with E-state index >= 15 is 0 Å². The molecule has 0 aliphatic carbocycles. The van der Waals surface area contributed by atoms with Crippen LogP contribution in [-0.2, 0) is 13.1 Å². The van der Waals surface area contributed by atoms with Gasteiger partial charge in [0.05, 0.1) is 6.54 Å². The van der Waals surface area contributed by atoms with Crippen LogP contribution < -0.4 is 5.32 Å². The van der Waals surface area contributed by atoms with Gasteiger partial charge in [-0.3, -0.25) is 0 Å². The first kappa shape index (κ1) is 13.7. The van der Waals surface area contributed by atoms with Crippen LogP contribution in [0.2, 0.25) is 0 Å². The summed E-state index contributed by atoms with van der Waals surface area (Å²) < 4.78 is 2.21. The molecule has 1 N–H and O–H groups in total. The van der Waals surface area contributed by atoms with Crippen molar-refractivity contribution in [3.8, 4) is 0 Å². The zero-order valence-corrected chi connectivity index (χ0v) is 12.3. The summed E-state index contributed by atoms with van der Waals surface area (Å²) in [6.45, 7) is 10.4. The standard InChI is InChI=1S/C16H23N3/c1-5-7-19-8-6-17-15(19)11-18-16-13(3)9-12(2)10-14(16)4/h6,8-10,18H,5,7,11H2,1-4H3. The lowest BCUT2D eigenvalue weighted by Crippen LogP contribution is -2.10. The fourth-order valence-electron chi connectivity index (χ4n) is 2.58. The van der Waals surface area contributed by atoms with Crippen molar-refractivity contribution in [3.63, 3.8) is 0 Å². The number of nitrogens with zero attached hydrogens (tertiary/aromatic N) is 2. The van der Waals surface area contributed by atoms with Crippen LogP contribution in [0.15, 0.2) is 24.5 Å². The Morgan fingerprint density at radius 1 is 1.16 bits per heavy atom. The highest BCUT2D eigenvalue weighted by Crippen LogP contribution is 2.22. The number of rotatable bonds is 5. The minimum Gasteiger partial charge on any atom is -0.377 e. The Labute approximate surface area is 115 Å². The maximum Gasteiger partial charge on any atom is 0.128 e. The third-order valence-electron chi connectivity index (χ3n) is 3.37. The third kappa shape index (κ3) is 3.16. The first-order chi connectivity index (χ1) is 9.11. The predicted molar refractivity (Wildman–Crippen MR) is 80.5 cm³/mol. The number of aromatic nitrogens is 2. The average molecular weight is 257 g/mol. The van der Waals surface area contributed by atoms with Crippen molar-refractivity contribution in [2.45, 2.75) is 47.2 Å². The first-order valence-corrected chi connectivity index (χ1v) is 6.93. The molecule has 102 valence electrons. The van der Waals surface area contributed by atoms with Crippen LogP contribution in [0.25, 0.3) is 0 Å². The van der Waals surface area contributed by atoms with Gasteiger partial charge in [-0.1, -0.05) is 24.6 Å². The molecule has 0 spiro atoms. The minimum absolute atomic E-state index is 0.776. The highest BCUT2D eigenvalue weighted by molar-refractivity contribution is 5.58. The largest absolute Gasteiger partial charge is 0.377 e. The Morgan fingerprint density at radius 3 is 2.47 bits per heavy atom. The Hall–Kier alpha value is -1.77. The van der Waals surface area contributed by atoms with E-state index in [4.69, 9.17) is 0 Å². The summed E-state index contributed by atoms with van der Waals surface area (Å²) in [5.74, 6) is 1.10. The van der Waals surface area contributed by atoms with E-state index in [1.54, 1.807) is 0 Å². The van der Waals surface area contributed by atoms with Crippen molar-refractivity contribution in [2.75, 3.05) is 5.32 Å². The number of nitrogens with one attached hydrogen (secondary N) is 1. The van der Waals surface area contributed by atoms with Gasteiger partial charge < -0.3 is 9.88 Å². The number of hydrogen-bond acceptors (Lipinski definition) is 2. The molecular weight excluding hydrogens is 234 g/mol. The van der Waals surface area contributed by atoms with E-state index in [0.717, 1.165) is 25.3 Å². The maximum absolute atomic E-state index is 4.43. The van der Waals surface area contributed by atoms with Gasteiger partial charge in [0.25, 0.3) is 0 Å². The molecular formula is C16H23N3. The van der Waals surface area contributed by atoms with Gasteiger partial charge in [0.15, 0.2) is 0 Å². The van der Waals surface area contributed by atoms with E-state index in [0.29, 0.717) is 0 Å². The summed E-state index contributed by atoms with van der Waals surface area (Å²) in [5.41, 5.74) is 5.14. The van der Waals surface area contributed by atoms with Gasteiger partial charge in [0.1, 0.15) is 5.82 Å². The molecule has 0 aliphatic heterocycles. The topological polar surface area (TPSA) is 29.9 Å². The van der Waals surface area contributed by atoms with Crippen LogP contribution in [-0.4, -0.2) is 9.55 Å². The number of benzene rings is 1. The summed E-state index contributed by atoms with van der Waals surface area (Å²) in [6.07, 6.45) is 5.06. The molecule has 2 rings (SSSR count). The number of anilines is 1. The summed E-state index contributed by atoms with van der Waals surface area (Å²) in [6, 6.07) is 4.43. The lowest BCUT2D eigenvalue weighted by molar-refractivity contribution is 0.644. The molecule has 1 heterocycles. The van der Waals surface area contributed by atoms with Gasteiger partial charge >= 0.3 is 0 Å². The fraction of sp³-hybridized carbons (Fsp3) is 0.438. The molecule has 0 unspecified atom stereocenters. The minimum atomic E-state index is 0.776. The van der Waals surface area contributed by atoms with E-state index in [1.807, 2.05) is 6.20 Å². The van der Waals surface area contributed by atoms with E-state index < -0.39 is 0 Å². The molecule has 0 saturated carbocycles. The van der Waals surface area contributed by atoms with Crippen LogP contribution in [0.5, 0.6) is 0 Å². The van der Waals surface area contributed by atoms with Crippen LogP contribution >= 0.6 is 0 Å². The monoisotopic (exact) mass is 257 g/mol. The number of aryl methyl sites for hydroxylation is 4. The molecule has 0 saturated heterocycles. The van der Waals surface area contributed by atoms with Crippen molar-refractivity contribution in [2.24, 2.45) is 0 Å². The number of imidazole rings is 1. The first-order valence-electron chi connectivity index (χ1n) is 6.93. The predicted octanol–water partition coefficient (Wildman–Crippen LogP) is 3.83. The van der Waals surface area contributed by atoms with Crippen molar-refractivity contribution in [1.82, 2.24) is 9.55 Å². The van der Waals surface area contributed by atoms with Gasteiger partial charge in [-0.2, -0.15) is 0 Å². The lowest BCUT2D eigenvalue weighted by atomic mass is 10.1. The van der Waals surface area contributed by atoms with Crippen LogP contribution in [0, 0.1) is 20.8 Å². The molecule has 3 heteroatoms. The molecule has 0 bridgehead atoms. The van der Waals surface area contributed by atoms with Gasteiger partial charge in [-0.05, 0) is 38.3 Å². The molecule has 1 aromatic heterocycles. The second-order valence-electron chi connectivity index (χ2n) is 5.16. The maximum atomic E-state index is 4.43. The van der Waals surface area contributed by atoms with Gasteiger partial charge in [0.2, 0.25) is 0 Å². The second-order valence-corrected chi connectivity index (χ2v) is 5.16.